The quantitative estimate of drug-likeness (QED) is 0.771. The number of rotatable bonds is 2. The summed E-state index contributed by atoms with van der Waals surface area (Å²) < 4.78 is 2.27. The maximum absolute atomic E-state index is 5.73. The fourth-order valence-corrected chi connectivity index (χ4v) is 2.08. The first-order chi connectivity index (χ1) is 6.77. The van der Waals surface area contributed by atoms with Crippen molar-refractivity contribution in [3.05, 3.63) is 35.5 Å². The molecule has 2 rings (SSSR count). The summed E-state index contributed by atoms with van der Waals surface area (Å²) in [6, 6.07) is 6.34. The maximum atomic E-state index is 5.73. The molecule has 1 heterocycles. The van der Waals surface area contributed by atoms with Crippen LogP contribution >= 0.6 is 0 Å². The molecule has 0 atom stereocenters. The van der Waals surface area contributed by atoms with Gasteiger partial charge < -0.3 is 10.3 Å². The number of hydrogen-bond donors (Lipinski definition) is 1. The van der Waals surface area contributed by atoms with Gasteiger partial charge in [0.2, 0.25) is 0 Å². The van der Waals surface area contributed by atoms with Gasteiger partial charge in [0.25, 0.3) is 0 Å². The minimum atomic E-state index is 0.617. The molecule has 14 heavy (non-hydrogen) atoms. The average molecular weight is 188 g/mol. The van der Waals surface area contributed by atoms with E-state index >= 15 is 0 Å². The molecule has 0 aliphatic carbocycles. The Hall–Kier alpha value is -1.28. The van der Waals surface area contributed by atoms with Gasteiger partial charge in [0.15, 0.2) is 0 Å². The molecule has 2 aromatic rings. The Morgan fingerprint density at radius 3 is 2.79 bits per heavy atom. The molecule has 0 fully saturated rings. The van der Waals surface area contributed by atoms with Crippen molar-refractivity contribution in [2.24, 2.45) is 5.73 Å². The van der Waals surface area contributed by atoms with Gasteiger partial charge in [-0.3, -0.25) is 0 Å². The van der Waals surface area contributed by atoms with Crippen molar-refractivity contribution >= 4 is 10.9 Å². The van der Waals surface area contributed by atoms with E-state index in [-0.39, 0.29) is 0 Å². The van der Waals surface area contributed by atoms with Crippen LogP contribution in [0.2, 0.25) is 0 Å². The second kappa shape index (κ2) is 3.46. The van der Waals surface area contributed by atoms with Crippen molar-refractivity contribution < 1.29 is 0 Å². The summed E-state index contributed by atoms with van der Waals surface area (Å²) in [5.41, 5.74) is 9.59. The molecule has 0 aliphatic rings. The average Bonchev–Trinajstić information content (AvgIpc) is 2.55. The van der Waals surface area contributed by atoms with Crippen LogP contribution in [0.15, 0.2) is 24.4 Å². The minimum Gasteiger partial charge on any atom is -0.347 e. The SMILES string of the molecule is CCn1cc(C)c2c(CN)cccc21. The van der Waals surface area contributed by atoms with E-state index in [1.807, 2.05) is 0 Å². The lowest BCUT2D eigenvalue weighted by molar-refractivity contribution is 0.795. The Morgan fingerprint density at radius 2 is 2.14 bits per heavy atom. The van der Waals surface area contributed by atoms with Crippen LogP contribution in [-0.4, -0.2) is 4.57 Å². The van der Waals surface area contributed by atoms with Gasteiger partial charge in [0, 0.05) is 30.2 Å². The van der Waals surface area contributed by atoms with Gasteiger partial charge in [-0.05, 0) is 31.0 Å². The van der Waals surface area contributed by atoms with Crippen molar-refractivity contribution in [1.82, 2.24) is 4.57 Å². The van der Waals surface area contributed by atoms with Crippen molar-refractivity contribution in [2.45, 2.75) is 26.9 Å². The summed E-state index contributed by atoms with van der Waals surface area (Å²) >= 11 is 0. The second-order valence-electron chi connectivity index (χ2n) is 3.61. The summed E-state index contributed by atoms with van der Waals surface area (Å²) in [4.78, 5) is 0. The Morgan fingerprint density at radius 1 is 1.36 bits per heavy atom. The number of nitrogens with two attached hydrogens (primary N) is 1. The number of aryl methyl sites for hydroxylation is 2. The van der Waals surface area contributed by atoms with E-state index in [0.717, 1.165) is 6.54 Å². The molecule has 0 amide bonds. The Labute approximate surface area is 84.3 Å². The zero-order valence-electron chi connectivity index (χ0n) is 8.75. The van der Waals surface area contributed by atoms with Crippen LogP contribution in [0.1, 0.15) is 18.1 Å². The molecule has 0 aliphatic heterocycles. The normalized spacial score (nSPS) is 11.1. The summed E-state index contributed by atoms with van der Waals surface area (Å²) in [7, 11) is 0. The highest BCUT2D eigenvalue weighted by Crippen LogP contribution is 2.24. The van der Waals surface area contributed by atoms with Gasteiger partial charge in [0.05, 0.1) is 0 Å². The predicted octanol–water partition coefficient (Wildman–Crippen LogP) is 2.43. The first-order valence-electron chi connectivity index (χ1n) is 5.05. The third kappa shape index (κ3) is 1.23. The van der Waals surface area contributed by atoms with E-state index in [0.29, 0.717) is 6.54 Å². The largest absolute Gasteiger partial charge is 0.347 e. The lowest BCUT2D eigenvalue weighted by atomic mass is 10.1. The van der Waals surface area contributed by atoms with Gasteiger partial charge in [0.1, 0.15) is 0 Å². The van der Waals surface area contributed by atoms with E-state index in [9.17, 15) is 0 Å². The molecule has 0 saturated carbocycles. The first kappa shape index (κ1) is 9.28. The zero-order valence-corrected chi connectivity index (χ0v) is 8.75. The molecule has 1 aromatic heterocycles. The standard InChI is InChI=1S/C12H16N2/c1-3-14-8-9(2)12-10(7-13)5-4-6-11(12)14/h4-6,8H,3,7,13H2,1-2H3. The summed E-state index contributed by atoms with van der Waals surface area (Å²) in [6.07, 6.45) is 2.20. The van der Waals surface area contributed by atoms with Gasteiger partial charge in [-0.2, -0.15) is 0 Å². The summed E-state index contributed by atoms with van der Waals surface area (Å²) in [5, 5.41) is 1.33. The van der Waals surface area contributed by atoms with Gasteiger partial charge in [-0.25, -0.2) is 0 Å². The minimum absolute atomic E-state index is 0.617. The van der Waals surface area contributed by atoms with Crippen molar-refractivity contribution in [2.75, 3.05) is 0 Å². The molecule has 0 bridgehead atoms. The molecule has 74 valence electrons. The van der Waals surface area contributed by atoms with Crippen LogP contribution in [0, 0.1) is 6.92 Å². The molecule has 2 nitrogen and oxygen atoms in total. The van der Waals surface area contributed by atoms with Crippen molar-refractivity contribution in [3.63, 3.8) is 0 Å². The number of fused-ring (bicyclic) bond motifs is 1. The van der Waals surface area contributed by atoms with Crippen LogP contribution < -0.4 is 5.73 Å². The van der Waals surface area contributed by atoms with Gasteiger partial charge >= 0.3 is 0 Å². The van der Waals surface area contributed by atoms with Crippen LogP contribution in [0.25, 0.3) is 10.9 Å². The molecule has 2 N–H and O–H groups in total. The summed E-state index contributed by atoms with van der Waals surface area (Å²) in [6.45, 7) is 5.94. The van der Waals surface area contributed by atoms with Crippen LogP contribution in [0.3, 0.4) is 0 Å². The fourth-order valence-electron chi connectivity index (χ4n) is 2.08. The Balaban J connectivity index is 2.81. The molecule has 0 radical (unpaired) electrons. The second-order valence-corrected chi connectivity index (χ2v) is 3.61. The highest BCUT2D eigenvalue weighted by molar-refractivity contribution is 5.87. The van der Waals surface area contributed by atoms with Crippen LogP contribution in [-0.2, 0) is 13.1 Å². The molecule has 1 aromatic carbocycles. The number of hydrogen-bond acceptors (Lipinski definition) is 1. The third-order valence-corrected chi connectivity index (χ3v) is 2.74. The van der Waals surface area contributed by atoms with Gasteiger partial charge in [-0.15, -0.1) is 0 Å². The number of benzene rings is 1. The lowest BCUT2D eigenvalue weighted by Gasteiger charge is -2.03. The smallest absolute Gasteiger partial charge is 0.0486 e. The van der Waals surface area contributed by atoms with Crippen LogP contribution in [0.4, 0.5) is 0 Å². The lowest BCUT2D eigenvalue weighted by Crippen LogP contribution is -1.97. The van der Waals surface area contributed by atoms with Crippen molar-refractivity contribution in [3.8, 4) is 0 Å². The number of aromatic nitrogens is 1. The third-order valence-electron chi connectivity index (χ3n) is 2.74. The highest BCUT2D eigenvalue weighted by Gasteiger charge is 2.06. The Kier molecular flexibility index (Phi) is 2.30. The monoisotopic (exact) mass is 188 g/mol. The molecular formula is C12H16N2. The van der Waals surface area contributed by atoms with Crippen LogP contribution in [0.5, 0.6) is 0 Å². The Bertz CT molecular complexity index is 455. The molecule has 0 saturated heterocycles. The van der Waals surface area contributed by atoms with E-state index in [2.05, 4.69) is 42.8 Å². The van der Waals surface area contributed by atoms with Gasteiger partial charge in [-0.1, -0.05) is 12.1 Å². The zero-order chi connectivity index (χ0) is 10.1. The molecular weight excluding hydrogens is 172 g/mol. The predicted molar refractivity (Wildman–Crippen MR) is 60.2 cm³/mol. The topological polar surface area (TPSA) is 30.9 Å². The highest BCUT2D eigenvalue weighted by atomic mass is 14.9. The summed E-state index contributed by atoms with van der Waals surface area (Å²) in [5.74, 6) is 0. The van der Waals surface area contributed by atoms with E-state index < -0.39 is 0 Å². The van der Waals surface area contributed by atoms with Crippen molar-refractivity contribution in [1.29, 1.82) is 0 Å². The molecule has 0 unspecified atom stereocenters. The fraction of sp³-hybridized carbons (Fsp3) is 0.333. The molecule has 2 heteroatoms. The van der Waals surface area contributed by atoms with E-state index in [4.69, 9.17) is 5.73 Å². The first-order valence-corrected chi connectivity index (χ1v) is 5.05. The number of nitrogens with zero attached hydrogens (tertiary/aromatic N) is 1. The molecule has 0 spiro atoms. The van der Waals surface area contributed by atoms with E-state index in [1.54, 1.807) is 0 Å². The maximum Gasteiger partial charge on any atom is 0.0486 e. The van der Waals surface area contributed by atoms with E-state index in [1.165, 1.54) is 22.0 Å².